The quantitative estimate of drug-likeness (QED) is 0.117. The number of hydroxylamine groups is 1. The molecule has 0 aromatic rings. The van der Waals surface area contributed by atoms with E-state index in [1.807, 2.05) is 0 Å². The van der Waals surface area contributed by atoms with Crippen molar-refractivity contribution in [3.8, 4) is 0 Å². The SMILES string of the molecule is NC(=O)NCCC[C@H](NO)C(=O)N(CP(=O)(O)O)CP(=O)(O)O. The molecule has 13 nitrogen and oxygen atoms in total. The van der Waals surface area contributed by atoms with Gasteiger partial charge in [-0.3, -0.25) is 13.9 Å². The number of hydrogen-bond acceptors (Lipinski definition) is 6. The molecule has 23 heavy (non-hydrogen) atoms. The molecule has 136 valence electrons. The van der Waals surface area contributed by atoms with Crippen LogP contribution >= 0.6 is 15.2 Å². The topological polar surface area (TPSA) is 223 Å². The summed E-state index contributed by atoms with van der Waals surface area (Å²) in [5.41, 5.74) is 6.43. The van der Waals surface area contributed by atoms with Gasteiger partial charge in [0.1, 0.15) is 18.6 Å². The average molecular weight is 378 g/mol. The molecular formula is C8H20N4O9P2. The molecule has 1 atom stereocenters. The molecule has 0 fully saturated rings. The van der Waals surface area contributed by atoms with Crippen LogP contribution in [0.1, 0.15) is 12.8 Å². The first-order chi connectivity index (χ1) is 10.4. The second-order valence-electron chi connectivity index (χ2n) is 4.61. The molecule has 9 N–H and O–H groups in total. The maximum atomic E-state index is 12.1. The van der Waals surface area contributed by atoms with Gasteiger partial charge in [-0.25, -0.2) is 4.79 Å². The molecule has 0 radical (unpaired) electrons. The van der Waals surface area contributed by atoms with Crippen LogP contribution in [0.2, 0.25) is 0 Å². The van der Waals surface area contributed by atoms with Gasteiger partial charge in [-0.2, -0.15) is 5.48 Å². The minimum absolute atomic E-state index is 0.0672. The van der Waals surface area contributed by atoms with E-state index in [1.54, 1.807) is 5.48 Å². The molecule has 0 saturated carbocycles. The summed E-state index contributed by atoms with van der Waals surface area (Å²) in [4.78, 5) is 58.3. The Morgan fingerprint density at radius 3 is 1.91 bits per heavy atom. The second-order valence-corrected chi connectivity index (χ2v) is 7.83. The van der Waals surface area contributed by atoms with Crippen molar-refractivity contribution in [2.45, 2.75) is 18.9 Å². The standard InChI is InChI=1S/C8H20N4O9P2/c9-8(14)10-3-1-2-6(11-15)7(13)12(4-22(16,17)18)5-23(19,20)21/h6,11,15H,1-5H2,(H3,9,10,14)(H2,16,17,18)(H2,19,20,21)/t6-/m0/s1. The van der Waals surface area contributed by atoms with Crippen molar-refractivity contribution in [3.05, 3.63) is 0 Å². The number of hydrogen-bond donors (Lipinski definition) is 8. The Morgan fingerprint density at radius 2 is 1.57 bits per heavy atom. The van der Waals surface area contributed by atoms with Gasteiger partial charge in [0, 0.05) is 6.54 Å². The summed E-state index contributed by atoms with van der Waals surface area (Å²) >= 11 is 0. The van der Waals surface area contributed by atoms with E-state index in [0.717, 1.165) is 0 Å². The number of carbonyl (C=O) groups is 2. The van der Waals surface area contributed by atoms with Gasteiger partial charge in [0.25, 0.3) is 0 Å². The lowest BCUT2D eigenvalue weighted by molar-refractivity contribution is -0.135. The fourth-order valence-corrected chi connectivity index (χ4v) is 3.14. The van der Waals surface area contributed by atoms with Crippen molar-refractivity contribution in [1.29, 1.82) is 0 Å². The van der Waals surface area contributed by atoms with Crippen molar-refractivity contribution in [2.75, 3.05) is 19.1 Å². The van der Waals surface area contributed by atoms with Crippen LogP contribution in [0.15, 0.2) is 0 Å². The second kappa shape index (κ2) is 9.30. The minimum atomic E-state index is -4.78. The predicted molar refractivity (Wildman–Crippen MR) is 76.2 cm³/mol. The number of urea groups is 1. The summed E-state index contributed by atoms with van der Waals surface area (Å²) in [6, 6.07) is -2.17. The minimum Gasteiger partial charge on any atom is -0.352 e. The first kappa shape index (κ1) is 22.0. The number of rotatable bonds is 10. The van der Waals surface area contributed by atoms with Crippen molar-refractivity contribution < 1.29 is 43.5 Å². The Morgan fingerprint density at radius 1 is 1.09 bits per heavy atom. The van der Waals surface area contributed by atoms with E-state index in [-0.39, 0.29) is 24.3 Å². The molecular weight excluding hydrogens is 358 g/mol. The molecule has 0 spiro atoms. The first-order valence-corrected chi connectivity index (χ1v) is 9.76. The van der Waals surface area contributed by atoms with Crippen LogP contribution in [-0.2, 0) is 13.9 Å². The molecule has 0 rings (SSSR count). The predicted octanol–water partition coefficient (Wildman–Crippen LogP) is -2.12. The first-order valence-electron chi connectivity index (χ1n) is 6.16. The number of carbonyl (C=O) groups excluding carboxylic acids is 2. The number of nitrogens with one attached hydrogen (secondary N) is 2. The van der Waals surface area contributed by atoms with Gasteiger partial charge in [-0.05, 0) is 12.8 Å². The highest BCUT2D eigenvalue weighted by atomic mass is 31.2. The maximum absolute atomic E-state index is 12.1. The zero-order chi connectivity index (χ0) is 18.3. The molecule has 0 saturated heterocycles. The fourth-order valence-electron chi connectivity index (χ4n) is 1.61. The highest BCUT2D eigenvalue weighted by Crippen LogP contribution is 2.41. The number of nitrogens with zero attached hydrogens (tertiary/aromatic N) is 1. The Labute approximate surface area is 131 Å². The maximum Gasteiger partial charge on any atom is 0.344 e. The zero-order valence-electron chi connectivity index (χ0n) is 11.9. The van der Waals surface area contributed by atoms with Crippen LogP contribution in [-0.4, -0.2) is 66.8 Å². The lowest BCUT2D eigenvalue weighted by atomic mass is 10.1. The lowest BCUT2D eigenvalue weighted by Gasteiger charge is -2.27. The molecule has 0 aliphatic rings. The van der Waals surface area contributed by atoms with Crippen molar-refractivity contribution in [3.63, 3.8) is 0 Å². The molecule has 0 aromatic heterocycles. The van der Waals surface area contributed by atoms with Gasteiger partial charge < -0.3 is 40.7 Å². The normalized spacial score (nSPS) is 13.4. The third-order valence-electron chi connectivity index (χ3n) is 2.44. The third-order valence-corrected chi connectivity index (χ3v) is 3.86. The fraction of sp³-hybridized carbons (Fsp3) is 0.750. The largest absolute Gasteiger partial charge is 0.352 e. The van der Waals surface area contributed by atoms with Gasteiger partial charge in [0.05, 0.1) is 0 Å². The summed E-state index contributed by atoms with van der Waals surface area (Å²) in [5.74, 6) is -1.11. The van der Waals surface area contributed by atoms with E-state index in [2.05, 4.69) is 5.32 Å². The average Bonchev–Trinajstić information content (AvgIpc) is 2.33. The molecule has 0 bridgehead atoms. The molecule has 0 heterocycles. The summed E-state index contributed by atoms with van der Waals surface area (Å²) in [5, 5.41) is 11.2. The number of amides is 3. The summed E-state index contributed by atoms with van der Waals surface area (Å²) in [7, 11) is -9.56. The van der Waals surface area contributed by atoms with Crippen LogP contribution < -0.4 is 16.5 Å². The molecule has 0 aliphatic heterocycles. The lowest BCUT2D eigenvalue weighted by Crippen LogP contribution is -2.46. The number of primary amides is 1. The van der Waals surface area contributed by atoms with E-state index in [9.17, 15) is 18.7 Å². The van der Waals surface area contributed by atoms with E-state index in [4.69, 9.17) is 30.5 Å². The van der Waals surface area contributed by atoms with Crippen LogP contribution in [0.5, 0.6) is 0 Å². The van der Waals surface area contributed by atoms with E-state index in [0.29, 0.717) is 0 Å². The van der Waals surface area contributed by atoms with Crippen molar-refractivity contribution >= 4 is 27.1 Å². The Kier molecular flexibility index (Phi) is 8.88. The van der Waals surface area contributed by atoms with E-state index < -0.39 is 45.7 Å². The van der Waals surface area contributed by atoms with Crippen molar-refractivity contribution in [1.82, 2.24) is 15.7 Å². The van der Waals surface area contributed by atoms with E-state index in [1.165, 1.54) is 0 Å². The summed E-state index contributed by atoms with van der Waals surface area (Å²) in [6.45, 7) is 0.0672. The molecule has 15 heteroatoms. The Hall–Kier alpha value is -1.04. The molecule has 3 amide bonds. The Bertz CT molecular complexity index is 480. The van der Waals surface area contributed by atoms with Crippen LogP contribution in [0, 0.1) is 0 Å². The molecule has 0 aliphatic carbocycles. The van der Waals surface area contributed by atoms with Crippen LogP contribution in [0.4, 0.5) is 4.79 Å². The summed E-state index contributed by atoms with van der Waals surface area (Å²) < 4.78 is 22.0. The molecule has 0 unspecified atom stereocenters. The van der Waals surface area contributed by atoms with Gasteiger partial charge in [-0.15, -0.1) is 0 Å². The highest BCUT2D eigenvalue weighted by Gasteiger charge is 2.33. The number of nitrogens with two attached hydrogens (primary N) is 1. The third kappa shape index (κ3) is 11.2. The Balaban J connectivity index is 4.89. The smallest absolute Gasteiger partial charge is 0.344 e. The van der Waals surface area contributed by atoms with Crippen molar-refractivity contribution in [2.24, 2.45) is 5.73 Å². The van der Waals surface area contributed by atoms with Gasteiger partial charge in [0.15, 0.2) is 0 Å². The van der Waals surface area contributed by atoms with E-state index >= 15 is 0 Å². The van der Waals surface area contributed by atoms with Gasteiger partial charge in [-0.1, -0.05) is 0 Å². The monoisotopic (exact) mass is 378 g/mol. The van der Waals surface area contributed by atoms with Gasteiger partial charge >= 0.3 is 21.2 Å². The van der Waals surface area contributed by atoms with Crippen LogP contribution in [0.25, 0.3) is 0 Å². The highest BCUT2D eigenvalue weighted by molar-refractivity contribution is 7.52. The summed E-state index contributed by atoms with van der Waals surface area (Å²) in [6.07, 6.45) is -2.36. The van der Waals surface area contributed by atoms with Gasteiger partial charge in [0.2, 0.25) is 5.91 Å². The molecule has 0 aromatic carbocycles. The van der Waals surface area contributed by atoms with Crippen LogP contribution in [0.3, 0.4) is 0 Å². The zero-order valence-corrected chi connectivity index (χ0v) is 13.7.